The minimum Gasteiger partial charge on any atom is -0.380 e. The number of nitrogens with two attached hydrogens (primary N) is 1. The maximum absolute atomic E-state index is 12.6. The molecule has 0 fully saturated rings. The molecule has 0 radical (unpaired) electrons. The average molecular weight is 314 g/mol. The molecule has 0 saturated heterocycles. The van der Waals surface area contributed by atoms with E-state index in [2.05, 4.69) is 9.99 Å². The van der Waals surface area contributed by atoms with Crippen LogP contribution < -0.4 is 5.73 Å². The van der Waals surface area contributed by atoms with Gasteiger partial charge in [0.05, 0.1) is 11.1 Å². The molecule has 21 heavy (non-hydrogen) atoms. The Morgan fingerprint density at radius 1 is 1.24 bits per heavy atom. The van der Waals surface area contributed by atoms with Gasteiger partial charge in [-0.2, -0.15) is 24.5 Å². The molecule has 0 aliphatic rings. The molecule has 0 unspecified atom stereocenters. The molecule has 0 spiro atoms. The second-order valence-corrected chi connectivity index (χ2v) is 4.73. The van der Waals surface area contributed by atoms with Gasteiger partial charge in [-0.1, -0.05) is 17.3 Å². The Morgan fingerprint density at radius 3 is 2.62 bits per heavy atom. The minimum absolute atomic E-state index is 0.0166. The van der Waals surface area contributed by atoms with Crippen LogP contribution in [0.1, 0.15) is 21.5 Å². The number of hydrogen-bond acceptors (Lipinski definition) is 4. The molecule has 0 saturated carbocycles. The standard InChI is InChI=1S/C13H9F3N2O2S/c14-13(15,16)10-3-1-2-8(6-10)11(17)18-20-12(19)9-4-5-21-7-9/h1-7H,(H2,17,18). The van der Waals surface area contributed by atoms with Crippen molar-refractivity contribution in [3.8, 4) is 0 Å². The second kappa shape index (κ2) is 5.96. The van der Waals surface area contributed by atoms with E-state index < -0.39 is 17.7 Å². The lowest BCUT2D eigenvalue weighted by atomic mass is 10.1. The number of rotatable bonds is 3. The van der Waals surface area contributed by atoms with Crippen LogP contribution in [0.15, 0.2) is 46.2 Å². The van der Waals surface area contributed by atoms with Gasteiger partial charge in [0.2, 0.25) is 0 Å². The summed E-state index contributed by atoms with van der Waals surface area (Å²) in [6, 6.07) is 5.81. The number of nitrogens with zero attached hydrogens (tertiary/aromatic N) is 1. The topological polar surface area (TPSA) is 64.7 Å². The fourth-order valence-electron chi connectivity index (χ4n) is 1.43. The summed E-state index contributed by atoms with van der Waals surface area (Å²) < 4.78 is 37.7. The Bertz CT molecular complexity index is 666. The lowest BCUT2D eigenvalue weighted by Gasteiger charge is -2.08. The molecule has 0 aliphatic heterocycles. The van der Waals surface area contributed by atoms with Gasteiger partial charge < -0.3 is 10.6 Å². The van der Waals surface area contributed by atoms with Crippen LogP contribution in [0.4, 0.5) is 13.2 Å². The van der Waals surface area contributed by atoms with Crippen LogP contribution in [-0.4, -0.2) is 11.8 Å². The zero-order chi connectivity index (χ0) is 15.5. The SMILES string of the molecule is NC(=NOC(=O)c1ccsc1)c1cccc(C(F)(F)F)c1. The number of halogens is 3. The predicted octanol–water partition coefficient (Wildman–Crippen LogP) is 3.24. The Balaban J connectivity index is 2.14. The number of amidine groups is 1. The smallest absolute Gasteiger partial charge is 0.380 e. The number of alkyl halides is 3. The van der Waals surface area contributed by atoms with Crippen LogP contribution >= 0.6 is 11.3 Å². The molecule has 1 heterocycles. The summed E-state index contributed by atoms with van der Waals surface area (Å²) in [5.74, 6) is -1.05. The molecule has 4 nitrogen and oxygen atoms in total. The van der Waals surface area contributed by atoms with Crippen molar-refractivity contribution in [2.75, 3.05) is 0 Å². The maximum atomic E-state index is 12.6. The first-order chi connectivity index (χ1) is 9.88. The van der Waals surface area contributed by atoms with E-state index in [1.165, 1.54) is 29.5 Å². The number of benzene rings is 1. The molecule has 1 aromatic carbocycles. The van der Waals surface area contributed by atoms with Gasteiger partial charge in [-0.3, -0.25) is 0 Å². The van der Waals surface area contributed by atoms with Crippen LogP contribution in [0, 0.1) is 0 Å². The summed E-state index contributed by atoms with van der Waals surface area (Å²) in [5.41, 5.74) is 4.97. The molecule has 0 aliphatic carbocycles. The van der Waals surface area contributed by atoms with Crippen LogP contribution in [0.2, 0.25) is 0 Å². The van der Waals surface area contributed by atoms with Gasteiger partial charge in [0, 0.05) is 10.9 Å². The summed E-state index contributed by atoms with van der Waals surface area (Å²) in [4.78, 5) is 16.1. The van der Waals surface area contributed by atoms with E-state index in [1.54, 1.807) is 10.8 Å². The zero-order valence-electron chi connectivity index (χ0n) is 10.4. The van der Waals surface area contributed by atoms with Crippen LogP contribution in [0.3, 0.4) is 0 Å². The summed E-state index contributed by atoms with van der Waals surface area (Å²) >= 11 is 1.30. The number of carbonyl (C=O) groups excluding carboxylic acids is 1. The van der Waals surface area contributed by atoms with Crippen LogP contribution in [0.5, 0.6) is 0 Å². The summed E-state index contributed by atoms with van der Waals surface area (Å²) in [7, 11) is 0. The largest absolute Gasteiger partial charge is 0.416 e. The quantitative estimate of drug-likeness (QED) is 0.409. The monoisotopic (exact) mass is 314 g/mol. The molecule has 1 aromatic heterocycles. The van der Waals surface area contributed by atoms with E-state index in [-0.39, 0.29) is 11.4 Å². The van der Waals surface area contributed by atoms with Gasteiger partial charge in [-0.05, 0) is 23.6 Å². The van der Waals surface area contributed by atoms with E-state index in [0.29, 0.717) is 5.56 Å². The van der Waals surface area contributed by atoms with Gasteiger partial charge >= 0.3 is 12.1 Å². The second-order valence-electron chi connectivity index (χ2n) is 3.95. The third-order valence-corrected chi connectivity index (χ3v) is 3.15. The first kappa shape index (κ1) is 15.0. The van der Waals surface area contributed by atoms with Gasteiger partial charge in [-0.25, -0.2) is 4.79 Å². The zero-order valence-corrected chi connectivity index (χ0v) is 11.2. The van der Waals surface area contributed by atoms with E-state index in [0.717, 1.165) is 12.1 Å². The van der Waals surface area contributed by atoms with E-state index in [4.69, 9.17) is 5.73 Å². The number of carbonyl (C=O) groups is 1. The highest BCUT2D eigenvalue weighted by molar-refractivity contribution is 7.08. The van der Waals surface area contributed by atoms with E-state index in [9.17, 15) is 18.0 Å². The molecular weight excluding hydrogens is 305 g/mol. The highest BCUT2D eigenvalue weighted by Crippen LogP contribution is 2.29. The number of thiophene rings is 1. The lowest BCUT2D eigenvalue weighted by Crippen LogP contribution is -2.16. The van der Waals surface area contributed by atoms with Gasteiger partial charge in [0.15, 0.2) is 5.84 Å². The van der Waals surface area contributed by atoms with Crippen molar-refractivity contribution in [3.63, 3.8) is 0 Å². The highest BCUT2D eigenvalue weighted by atomic mass is 32.1. The Morgan fingerprint density at radius 2 is 2.00 bits per heavy atom. The summed E-state index contributed by atoms with van der Waals surface area (Å²) in [5, 5.41) is 6.59. The van der Waals surface area contributed by atoms with Crippen molar-refractivity contribution < 1.29 is 22.8 Å². The normalized spacial score (nSPS) is 12.2. The average Bonchev–Trinajstić information content (AvgIpc) is 2.98. The van der Waals surface area contributed by atoms with Crippen molar-refractivity contribution in [1.82, 2.24) is 0 Å². The highest BCUT2D eigenvalue weighted by Gasteiger charge is 2.30. The molecule has 0 atom stereocenters. The Hall–Kier alpha value is -2.35. The number of hydrogen-bond donors (Lipinski definition) is 1. The summed E-state index contributed by atoms with van der Waals surface area (Å²) in [6.07, 6.45) is -4.48. The molecule has 2 aromatic rings. The first-order valence-electron chi connectivity index (χ1n) is 5.62. The Kier molecular flexibility index (Phi) is 4.27. The predicted molar refractivity (Wildman–Crippen MR) is 71.9 cm³/mol. The van der Waals surface area contributed by atoms with Gasteiger partial charge in [-0.15, -0.1) is 0 Å². The molecule has 2 rings (SSSR count). The Labute approximate surface area is 121 Å². The fraction of sp³-hybridized carbons (Fsp3) is 0.0769. The molecule has 0 amide bonds. The van der Waals surface area contributed by atoms with Crippen LogP contribution in [-0.2, 0) is 11.0 Å². The van der Waals surface area contributed by atoms with Crippen molar-refractivity contribution in [2.24, 2.45) is 10.9 Å². The van der Waals surface area contributed by atoms with Gasteiger partial charge in [0.1, 0.15) is 0 Å². The molecule has 8 heteroatoms. The van der Waals surface area contributed by atoms with Gasteiger partial charge in [0.25, 0.3) is 0 Å². The fourth-order valence-corrected chi connectivity index (χ4v) is 2.06. The van der Waals surface area contributed by atoms with Crippen molar-refractivity contribution in [3.05, 3.63) is 57.8 Å². The minimum atomic E-state index is -4.48. The first-order valence-corrected chi connectivity index (χ1v) is 6.57. The van der Waals surface area contributed by atoms with Crippen molar-refractivity contribution in [1.29, 1.82) is 0 Å². The van der Waals surface area contributed by atoms with Crippen molar-refractivity contribution >= 4 is 23.1 Å². The third-order valence-electron chi connectivity index (χ3n) is 2.47. The maximum Gasteiger partial charge on any atom is 0.416 e. The van der Waals surface area contributed by atoms with E-state index >= 15 is 0 Å². The van der Waals surface area contributed by atoms with Crippen LogP contribution in [0.25, 0.3) is 0 Å². The molecule has 0 bridgehead atoms. The molecular formula is C13H9F3N2O2S. The number of oxime groups is 1. The van der Waals surface area contributed by atoms with E-state index in [1.807, 2.05) is 0 Å². The molecule has 2 N–H and O–H groups in total. The molecule has 110 valence electrons. The van der Waals surface area contributed by atoms with Crippen molar-refractivity contribution in [2.45, 2.75) is 6.18 Å². The lowest BCUT2D eigenvalue weighted by molar-refractivity contribution is -0.137. The summed E-state index contributed by atoms with van der Waals surface area (Å²) in [6.45, 7) is 0. The third kappa shape index (κ3) is 3.82.